The van der Waals surface area contributed by atoms with Crippen molar-refractivity contribution >= 4 is 34.2 Å². The Bertz CT molecular complexity index is 1180. The Balaban J connectivity index is 1.69. The van der Waals surface area contributed by atoms with Crippen LogP contribution in [0.4, 0.5) is 5.69 Å². The van der Waals surface area contributed by atoms with Gasteiger partial charge in [-0.3, -0.25) is 9.48 Å². The number of aromatic nitrogens is 5. The number of benzene rings is 1. The highest BCUT2D eigenvalue weighted by Crippen LogP contribution is 2.29. The number of pyridine rings is 1. The number of nitrogens with one attached hydrogen (secondary N) is 1. The Morgan fingerprint density at radius 1 is 1.18 bits per heavy atom. The third-order valence-corrected chi connectivity index (χ3v) is 5.05. The molecule has 1 aromatic carbocycles. The third kappa shape index (κ3) is 3.25. The summed E-state index contributed by atoms with van der Waals surface area (Å²) in [6.45, 7) is 4.36. The quantitative estimate of drug-likeness (QED) is 0.572. The van der Waals surface area contributed by atoms with Crippen LogP contribution in [0.25, 0.3) is 11.0 Å². The summed E-state index contributed by atoms with van der Waals surface area (Å²) < 4.78 is 3.56. The second-order valence-electron chi connectivity index (χ2n) is 6.69. The molecule has 3 heterocycles. The number of hydrogen-bond donors (Lipinski definition) is 1. The van der Waals surface area contributed by atoms with Gasteiger partial charge in [-0.05, 0) is 32.0 Å². The second-order valence-corrected chi connectivity index (χ2v) is 7.07. The van der Waals surface area contributed by atoms with E-state index < -0.39 is 0 Å². The number of rotatable bonds is 4. The maximum atomic E-state index is 12.7. The molecule has 0 atom stereocenters. The van der Waals surface area contributed by atoms with Gasteiger partial charge in [0, 0.05) is 25.1 Å². The standard InChI is InChI=1S/C20H19ClN6O/c1-12-4-6-14(7-5-12)24-20(28)16-10-22-19-17(18(16)21)13(2)25-27(19)11-15-8-9-23-26(15)3/h4-10H,11H2,1-3H3,(H,24,28). The van der Waals surface area contributed by atoms with E-state index in [4.69, 9.17) is 11.6 Å². The Kier molecular flexibility index (Phi) is 4.60. The van der Waals surface area contributed by atoms with Crippen LogP contribution in [0.1, 0.15) is 27.3 Å². The lowest BCUT2D eigenvalue weighted by molar-refractivity contribution is 0.102. The molecule has 3 aromatic heterocycles. The lowest BCUT2D eigenvalue weighted by atomic mass is 10.2. The van der Waals surface area contributed by atoms with E-state index in [2.05, 4.69) is 20.5 Å². The first-order chi connectivity index (χ1) is 13.4. The molecule has 142 valence electrons. The van der Waals surface area contributed by atoms with Crippen molar-refractivity contribution in [2.24, 2.45) is 7.05 Å². The number of nitrogens with zero attached hydrogens (tertiary/aromatic N) is 5. The number of carbonyl (C=O) groups is 1. The zero-order valence-electron chi connectivity index (χ0n) is 15.8. The average Bonchev–Trinajstić information content (AvgIpc) is 3.21. The van der Waals surface area contributed by atoms with Crippen LogP contribution in [0.3, 0.4) is 0 Å². The van der Waals surface area contributed by atoms with Crippen LogP contribution in [-0.4, -0.2) is 30.5 Å². The molecule has 28 heavy (non-hydrogen) atoms. The van der Waals surface area contributed by atoms with Crippen molar-refractivity contribution in [3.63, 3.8) is 0 Å². The van der Waals surface area contributed by atoms with Gasteiger partial charge in [0.15, 0.2) is 5.65 Å². The highest BCUT2D eigenvalue weighted by atomic mass is 35.5. The summed E-state index contributed by atoms with van der Waals surface area (Å²) in [7, 11) is 1.88. The average molecular weight is 395 g/mol. The third-order valence-electron chi connectivity index (χ3n) is 4.66. The molecule has 0 bridgehead atoms. The molecular weight excluding hydrogens is 376 g/mol. The number of halogens is 1. The Hall–Kier alpha value is -3.19. The molecule has 0 aliphatic heterocycles. The largest absolute Gasteiger partial charge is 0.322 e. The highest BCUT2D eigenvalue weighted by Gasteiger charge is 2.20. The van der Waals surface area contributed by atoms with E-state index in [-0.39, 0.29) is 5.91 Å². The van der Waals surface area contributed by atoms with Crippen LogP contribution in [0, 0.1) is 13.8 Å². The fourth-order valence-corrected chi connectivity index (χ4v) is 3.44. The minimum atomic E-state index is -0.304. The van der Waals surface area contributed by atoms with Crippen LogP contribution >= 0.6 is 11.6 Å². The van der Waals surface area contributed by atoms with Crippen molar-refractivity contribution in [3.05, 3.63) is 70.3 Å². The zero-order valence-corrected chi connectivity index (χ0v) is 16.5. The number of hydrogen-bond acceptors (Lipinski definition) is 4. The maximum absolute atomic E-state index is 12.7. The van der Waals surface area contributed by atoms with Gasteiger partial charge in [0.1, 0.15) is 0 Å². The SMILES string of the molecule is Cc1ccc(NC(=O)c2cnc3c(c(C)nn3Cc3ccnn3C)c2Cl)cc1. The van der Waals surface area contributed by atoms with Gasteiger partial charge in [0.25, 0.3) is 5.91 Å². The molecule has 0 aliphatic carbocycles. The normalized spacial score (nSPS) is 11.1. The zero-order chi connectivity index (χ0) is 19.8. The molecule has 0 fully saturated rings. The minimum Gasteiger partial charge on any atom is -0.322 e. The van der Waals surface area contributed by atoms with E-state index in [1.165, 1.54) is 6.20 Å². The first-order valence-electron chi connectivity index (χ1n) is 8.80. The number of aryl methyl sites for hydroxylation is 3. The number of amides is 1. The lowest BCUT2D eigenvalue weighted by Gasteiger charge is -2.08. The summed E-state index contributed by atoms with van der Waals surface area (Å²) in [4.78, 5) is 17.2. The fraction of sp³-hybridized carbons (Fsp3) is 0.200. The fourth-order valence-electron chi connectivity index (χ4n) is 3.09. The maximum Gasteiger partial charge on any atom is 0.258 e. The molecule has 4 rings (SSSR count). The van der Waals surface area contributed by atoms with Crippen molar-refractivity contribution < 1.29 is 4.79 Å². The predicted octanol–water partition coefficient (Wildman–Crippen LogP) is 3.74. The summed E-state index contributed by atoms with van der Waals surface area (Å²) in [6.07, 6.45) is 3.23. The molecular formula is C20H19ClN6O. The van der Waals surface area contributed by atoms with Gasteiger partial charge in [-0.1, -0.05) is 29.3 Å². The second kappa shape index (κ2) is 7.09. The summed E-state index contributed by atoms with van der Waals surface area (Å²) in [5.41, 5.74) is 4.49. The van der Waals surface area contributed by atoms with E-state index in [0.29, 0.717) is 33.9 Å². The van der Waals surface area contributed by atoms with Crippen LogP contribution in [-0.2, 0) is 13.6 Å². The van der Waals surface area contributed by atoms with E-state index >= 15 is 0 Å². The predicted molar refractivity (Wildman–Crippen MR) is 109 cm³/mol. The van der Waals surface area contributed by atoms with E-state index in [0.717, 1.165) is 17.0 Å². The van der Waals surface area contributed by atoms with E-state index in [1.54, 1.807) is 15.6 Å². The van der Waals surface area contributed by atoms with Crippen LogP contribution < -0.4 is 5.32 Å². The van der Waals surface area contributed by atoms with Gasteiger partial charge in [-0.25, -0.2) is 9.67 Å². The molecule has 0 radical (unpaired) electrons. The summed E-state index contributed by atoms with van der Waals surface area (Å²) in [5, 5.41) is 12.6. The first kappa shape index (κ1) is 18.2. The van der Waals surface area contributed by atoms with Crippen LogP contribution in [0.5, 0.6) is 0 Å². The monoisotopic (exact) mass is 394 g/mol. The molecule has 1 amide bonds. The van der Waals surface area contributed by atoms with Gasteiger partial charge in [0.05, 0.1) is 33.9 Å². The molecule has 0 spiro atoms. The number of anilines is 1. The van der Waals surface area contributed by atoms with Crippen LogP contribution in [0.2, 0.25) is 5.02 Å². The van der Waals surface area contributed by atoms with Crippen molar-refractivity contribution in [2.45, 2.75) is 20.4 Å². The van der Waals surface area contributed by atoms with Crippen LogP contribution in [0.15, 0.2) is 42.7 Å². The summed E-state index contributed by atoms with van der Waals surface area (Å²) in [5.74, 6) is -0.304. The van der Waals surface area contributed by atoms with E-state index in [1.807, 2.05) is 51.2 Å². The van der Waals surface area contributed by atoms with Gasteiger partial charge in [-0.2, -0.15) is 10.2 Å². The lowest BCUT2D eigenvalue weighted by Crippen LogP contribution is -2.13. The Morgan fingerprint density at radius 2 is 1.93 bits per heavy atom. The smallest absolute Gasteiger partial charge is 0.258 e. The first-order valence-corrected chi connectivity index (χ1v) is 9.18. The highest BCUT2D eigenvalue weighted by molar-refractivity contribution is 6.39. The van der Waals surface area contributed by atoms with Gasteiger partial charge >= 0.3 is 0 Å². The number of fused-ring (bicyclic) bond motifs is 1. The van der Waals surface area contributed by atoms with E-state index in [9.17, 15) is 4.79 Å². The van der Waals surface area contributed by atoms with Gasteiger partial charge < -0.3 is 5.32 Å². The Labute approximate surface area is 167 Å². The van der Waals surface area contributed by atoms with Crippen molar-refractivity contribution in [2.75, 3.05) is 5.32 Å². The molecule has 7 nitrogen and oxygen atoms in total. The Morgan fingerprint density at radius 3 is 2.61 bits per heavy atom. The molecule has 4 aromatic rings. The van der Waals surface area contributed by atoms with Crippen molar-refractivity contribution in [1.29, 1.82) is 0 Å². The van der Waals surface area contributed by atoms with Crippen molar-refractivity contribution in [1.82, 2.24) is 24.5 Å². The number of carbonyl (C=O) groups excluding carboxylic acids is 1. The molecule has 0 unspecified atom stereocenters. The minimum absolute atomic E-state index is 0.304. The topological polar surface area (TPSA) is 77.6 Å². The molecule has 1 N–H and O–H groups in total. The summed E-state index contributed by atoms with van der Waals surface area (Å²) >= 11 is 6.59. The van der Waals surface area contributed by atoms with Gasteiger partial charge in [0.2, 0.25) is 0 Å². The summed E-state index contributed by atoms with van der Waals surface area (Å²) in [6, 6.07) is 9.50. The van der Waals surface area contributed by atoms with Gasteiger partial charge in [-0.15, -0.1) is 0 Å². The molecule has 0 saturated heterocycles. The van der Waals surface area contributed by atoms with Crippen molar-refractivity contribution in [3.8, 4) is 0 Å². The molecule has 8 heteroatoms. The molecule has 0 saturated carbocycles. The molecule has 0 aliphatic rings.